The molecule has 0 aromatic heterocycles. The van der Waals surface area contributed by atoms with Gasteiger partial charge in [0.1, 0.15) is 0 Å². The molecule has 0 spiro atoms. The van der Waals surface area contributed by atoms with Crippen molar-refractivity contribution in [2.75, 3.05) is 5.32 Å². The zero-order valence-electron chi connectivity index (χ0n) is 11.7. The maximum atomic E-state index is 12.0. The number of amides is 2. The minimum absolute atomic E-state index is 0.0589. The van der Waals surface area contributed by atoms with Crippen molar-refractivity contribution in [2.45, 2.75) is 38.8 Å². The van der Waals surface area contributed by atoms with Crippen molar-refractivity contribution in [3.8, 4) is 0 Å². The third kappa shape index (κ3) is 4.06. The molecule has 5 heteroatoms. The lowest BCUT2D eigenvalue weighted by Crippen LogP contribution is -2.29. The number of anilines is 1. The molecule has 1 saturated carbocycles. The Hall–Kier alpha value is -1.88. The number of carbonyl (C=O) groups is 2. The molecule has 4 N–H and O–H groups in total. The summed E-state index contributed by atoms with van der Waals surface area (Å²) in [7, 11) is 0. The van der Waals surface area contributed by atoms with Crippen LogP contribution in [-0.2, 0) is 16.1 Å². The van der Waals surface area contributed by atoms with Crippen LogP contribution >= 0.6 is 0 Å². The first-order chi connectivity index (χ1) is 9.54. The second-order valence-corrected chi connectivity index (χ2v) is 5.37. The van der Waals surface area contributed by atoms with E-state index in [1.54, 1.807) is 0 Å². The molecule has 2 amide bonds. The van der Waals surface area contributed by atoms with Gasteiger partial charge >= 0.3 is 0 Å². The Bertz CT molecular complexity index is 484. The second-order valence-electron chi connectivity index (χ2n) is 5.37. The van der Waals surface area contributed by atoms with E-state index >= 15 is 0 Å². The maximum Gasteiger partial charge on any atom is 0.223 e. The first kappa shape index (κ1) is 14.5. The predicted molar refractivity (Wildman–Crippen MR) is 77.9 cm³/mol. The molecule has 0 radical (unpaired) electrons. The molecule has 0 aliphatic heterocycles. The normalized spacial score (nSPS) is 21.5. The number of benzene rings is 1. The standard InChI is InChI=1S/C15H21N3O2/c1-10(19)18-14-6-2-11(3-7-14)9-17-15(20)12-4-5-13(16)8-12/h2-3,6-7,12-13H,4-5,8-9,16H2,1H3,(H,17,20)(H,18,19). The summed E-state index contributed by atoms with van der Waals surface area (Å²) in [6.45, 7) is 1.98. The van der Waals surface area contributed by atoms with Crippen molar-refractivity contribution >= 4 is 17.5 Å². The van der Waals surface area contributed by atoms with Crippen LogP contribution in [0.2, 0.25) is 0 Å². The van der Waals surface area contributed by atoms with E-state index < -0.39 is 0 Å². The number of rotatable bonds is 4. The van der Waals surface area contributed by atoms with E-state index in [9.17, 15) is 9.59 Å². The van der Waals surface area contributed by atoms with Crippen LogP contribution in [0.5, 0.6) is 0 Å². The molecular formula is C15H21N3O2. The monoisotopic (exact) mass is 275 g/mol. The van der Waals surface area contributed by atoms with Gasteiger partial charge in [0.05, 0.1) is 0 Å². The fourth-order valence-corrected chi connectivity index (χ4v) is 2.50. The average Bonchev–Trinajstić information content (AvgIpc) is 2.84. The first-order valence-corrected chi connectivity index (χ1v) is 6.94. The number of hydrogen-bond acceptors (Lipinski definition) is 3. The fraction of sp³-hybridized carbons (Fsp3) is 0.467. The predicted octanol–water partition coefficient (Wildman–Crippen LogP) is 1.39. The molecule has 2 unspecified atom stereocenters. The van der Waals surface area contributed by atoms with E-state index in [-0.39, 0.29) is 23.8 Å². The summed E-state index contributed by atoms with van der Waals surface area (Å²) in [5, 5.41) is 5.65. The van der Waals surface area contributed by atoms with Crippen LogP contribution < -0.4 is 16.4 Å². The molecule has 2 rings (SSSR count). The van der Waals surface area contributed by atoms with Crippen LogP contribution in [0.25, 0.3) is 0 Å². The summed E-state index contributed by atoms with van der Waals surface area (Å²) in [6.07, 6.45) is 2.60. The molecule has 0 bridgehead atoms. The summed E-state index contributed by atoms with van der Waals surface area (Å²) in [5.74, 6) is 0.0520. The van der Waals surface area contributed by atoms with Crippen LogP contribution in [0.1, 0.15) is 31.7 Å². The van der Waals surface area contributed by atoms with Gasteiger partial charge in [0.25, 0.3) is 0 Å². The minimum atomic E-state index is -0.0939. The zero-order valence-corrected chi connectivity index (χ0v) is 11.7. The molecule has 108 valence electrons. The highest BCUT2D eigenvalue weighted by atomic mass is 16.2. The van der Waals surface area contributed by atoms with Gasteiger partial charge in [-0.15, -0.1) is 0 Å². The number of hydrogen-bond donors (Lipinski definition) is 3. The van der Waals surface area contributed by atoms with E-state index in [1.807, 2.05) is 24.3 Å². The van der Waals surface area contributed by atoms with Crippen LogP contribution in [0, 0.1) is 5.92 Å². The largest absolute Gasteiger partial charge is 0.352 e. The lowest BCUT2D eigenvalue weighted by Gasteiger charge is -2.11. The molecule has 0 heterocycles. The Morgan fingerprint density at radius 3 is 2.50 bits per heavy atom. The molecule has 20 heavy (non-hydrogen) atoms. The molecular weight excluding hydrogens is 254 g/mol. The van der Waals surface area contributed by atoms with Crippen molar-refractivity contribution < 1.29 is 9.59 Å². The lowest BCUT2D eigenvalue weighted by molar-refractivity contribution is -0.125. The SMILES string of the molecule is CC(=O)Nc1ccc(CNC(=O)C2CCC(N)C2)cc1. The van der Waals surface area contributed by atoms with Crippen molar-refractivity contribution in [3.63, 3.8) is 0 Å². The van der Waals surface area contributed by atoms with Gasteiger partial charge in [0, 0.05) is 31.1 Å². The molecule has 1 aliphatic rings. The Morgan fingerprint density at radius 2 is 1.95 bits per heavy atom. The summed E-state index contributed by atoms with van der Waals surface area (Å²) >= 11 is 0. The van der Waals surface area contributed by atoms with E-state index in [0.29, 0.717) is 6.54 Å². The molecule has 5 nitrogen and oxygen atoms in total. The number of nitrogens with one attached hydrogen (secondary N) is 2. The molecule has 1 aliphatic carbocycles. The van der Waals surface area contributed by atoms with E-state index in [4.69, 9.17) is 5.73 Å². The van der Waals surface area contributed by atoms with Gasteiger partial charge in [-0.05, 0) is 37.0 Å². The lowest BCUT2D eigenvalue weighted by atomic mass is 10.1. The first-order valence-electron chi connectivity index (χ1n) is 6.94. The molecule has 1 aromatic rings. The highest BCUT2D eigenvalue weighted by molar-refractivity contribution is 5.88. The Morgan fingerprint density at radius 1 is 1.25 bits per heavy atom. The Balaban J connectivity index is 1.81. The van der Waals surface area contributed by atoms with Gasteiger partial charge < -0.3 is 16.4 Å². The fourth-order valence-electron chi connectivity index (χ4n) is 2.50. The van der Waals surface area contributed by atoms with Crippen molar-refractivity contribution in [1.82, 2.24) is 5.32 Å². The van der Waals surface area contributed by atoms with Gasteiger partial charge in [-0.1, -0.05) is 12.1 Å². The van der Waals surface area contributed by atoms with Crippen molar-refractivity contribution in [2.24, 2.45) is 11.7 Å². The number of carbonyl (C=O) groups excluding carboxylic acids is 2. The molecule has 1 aromatic carbocycles. The highest BCUT2D eigenvalue weighted by Crippen LogP contribution is 2.24. The third-order valence-corrected chi connectivity index (χ3v) is 3.59. The van der Waals surface area contributed by atoms with Gasteiger partial charge in [0.2, 0.25) is 11.8 Å². The Kier molecular flexibility index (Phi) is 4.74. The molecule has 2 atom stereocenters. The topological polar surface area (TPSA) is 84.2 Å². The molecule has 1 fully saturated rings. The molecule has 0 saturated heterocycles. The van der Waals surface area contributed by atoms with Crippen molar-refractivity contribution in [3.05, 3.63) is 29.8 Å². The van der Waals surface area contributed by atoms with Crippen molar-refractivity contribution in [1.29, 1.82) is 0 Å². The van der Waals surface area contributed by atoms with E-state index in [0.717, 1.165) is 30.5 Å². The zero-order chi connectivity index (χ0) is 14.5. The summed E-state index contributed by atoms with van der Waals surface area (Å²) in [6, 6.07) is 7.61. The maximum absolute atomic E-state index is 12.0. The summed E-state index contributed by atoms with van der Waals surface area (Å²) < 4.78 is 0. The van der Waals surface area contributed by atoms with Gasteiger partial charge in [-0.2, -0.15) is 0 Å². The van der Waals surface area contributed by atoms with Crippen LogP contribution in [0.3, 0.4) is 0 Å². The van der Waals surface area contributed by atoms with Crippen LogP contribution in [0.4, 0.5) is 5.69 Å². The minimum Gasteiger partial charge on any atom is -0.352 e. The number of nitrogens with two attached hydrogens (primary N) is 1. The average molecular weight is 275 g/mol. The smallest absolute Gasteiger partial charge is 0.223 e. The van der Waals surface area contributed by atoms with Gasteiger partial charge in [0.15, 0.2) is 0 Å². The van der Waals surface area contributed by atoms with Gasteiger partial charge in [-0.25, -0.2) is 0 Å². The quantitative estimate of drug-likeness (QED) is 0.776. The Labute approximate surface area is 118 Å². The van der Waals surface area contributed by atoms with Gasteiger partial charge in [-0.3, -0.25) is 9.59 Å². The summed E-state index contributed by atoms with van der Waals surface area (Å²) in [5.41, 5.74) is 7.58. The van der Waals surface area contributed by atoms with E-state index in [1.165, 1.54) is 6.92 Å². The van der Waals surface area contributed by atoms with E-state index in [2.05, 4.69) is 10.6 Å². The highest BCUT2D eigenvalue weighted by Gasteiger charge is 2.27. The van der Waals surface area contributed by atoms with Crippen LogP contribution in [-0.4, -0.2) is 17.9 Å². The summed E-state index contributed by atoms with van der Waals surface area (Å²) in [4.78, 5) is 22.9. The van der Waals surface area contributed by atoms with Crippen LogP contribution in [0.15, 0.2) is 24.3 Å². The third-order valence-electron chi connectivity index (χ3n) is 3.59. The second kappa shape index (κ2) is 6.52.